The molecule has 3 N–H and O–H groups in total. The van der Waals surface area contributed by atoms with Crippen LogP contribution in [0.25, 0.3) is 5.69 Å². The van der Waals surface area contributed by atoms with Crippen LogP contribution in [0.1, 0.15) is 36.9 Å². The number of hydrogen-bond acceptors (Lipinski definition) is 3. The van der Waals surface area contributed by atoms with Crippen molar-refractivity contribution in [3.63, 3.8) is 0 Å². The molecule has 0 spiro atoms. The van der Waals surface area contributed by atoms with Gasteiger partial charge in [0.25, 0.3) is 0 Å². The Kier molecular flexibility index (Phi) is 5.31. The van der Waals surface area contributed by atoms with Crippen LogP contribution < -0.4 is 11.1 Å². The van der Waals surface area contributed by atoms with Crippen LogP contribution >= 0.6 is 0 Å². The largest absolute Gasteiger partial charge is 0.435 e. The Morgan fingerprint density at radius 1 is 1.23 bits per heavy atom. The van der Waals surface area contributed by atoms with Crippen LogP contribution in [0.3, 0.4) is 0 Å². The lowest BCUT2D eigenvalue weighted by molar-refractivity contribution is -0.141. The third-order valence-corrected chi connectivity index (χ3v) is 4.63. The number of benzene rings is 1. The summed E-state index contributed by atoms with van der Waals surface area (Å²) < 4.78 is 39.0. The molecular weight excluding hydrogens is 345 g/mol. The second-order valence-electron chi connectivity index (χ2n) is 6.65. The zero-order valence-corrected chi connectivity index (χ0v) is 14.2. The molecule has 1 aliphatic rings. The average Bonchev–Trinajstić information content (AvgIpc) is 3.10. The standard InChI is InChI=1S/C18H21F3N4O/c19-18(20,21)16-8-9-25(24-16)15-6-4-12(5-7-15)11-23-17(26)13-2-1-3-14(22)10-13/h4-9,13-14H,1-3,10-11,22H2,(H,23,26). The highest BCUT2D eigenvalue weighted by atomic mass is 19.4. The molecule has 1 heterocycles. The molecule has 0 aliphatic heterocycles. The van der Waals surface area contributed by atoms with Gasteiger partial charge in [-0.3, -0.25) is 4.79 Å². The molecule has 2 unspecified atom stereocenters. The number of hydrogen-bond donors (Lipinski definition) is 2. The van der Waals surface area contributed by atoms with Crippen LogP contribution in [0.4, 0.5) is 13.2 Å². The van der Waals surface area contributed by atoms with E-state index in [1.165, 1.54) is 10.9 Å². The van der Waals surface area contributed by atoms with Crippen molar-refractivity contribution >= 4 is 5.91 Å². The Morgan fingerprint density at radius 3 is 2.58 bits per heavy atom. The summed E-state index contributed by atoms with van der Waals surface area (Å²) in [7, 11) is 0. The van der Waals surface area contributed by atoms with Crippen molar-refractivity contribution in [3.8, 4) is 5.69 Å². The average molecular weight is 366 g/mol. The van der Waals surface area contributed by atoms with Gasteiger partial charge < -0.3 is 11.1 Å². The predicted molar refractivity (Wildman–Crippen MR) is 90.3 cm³/mol. The fraction of sp³-hybridized carbons (Fsp3) is 0.444. The zero-order valence-electron chi connectivity index (χ0n) is 14.2. The van der Waals surface area contributed by atoms with Gasteiger partial charge in [0, 0.05) is 24.7 Å². The Balaban J connectivity index is 1.58. The number of amides is 1. The first kappa shape index (κ1) is 18.4. The van der Waals surface area contributed by atoms with Crippen LogP contribution in [0.2, 0.25) is 0 Å². The highest BCUT2D eigenvalue weighted by Crippen LogP contribution is 2.28. The van der Waals surface area contributed by atoms with Crippen LogP contribution in [0, 0.1) is 5.92 Å². The molecule has 8 heteroatoms. The van der Waals surface area contributed by atoms with E-state index < -0.39 is 11.9 Å². The summed E-state index contributed by atoms with van der Waals surface area (Å²) in [6.45, 7) is 0.373. The molecule has 5 nitrogen and oxygen atoms in total. The molecule has 1 saturated carbocycles. The van der Waals surface area contributed by atoms with E-state index in [2.05, 4.69) is 10.4 Å². The van der Waals surface area contributed by atoms with Crippen molar-refractivity contribution < 1.29 is 18.0 Å². The summed E-state index contributed by atoms with van der Waals surface area (Å²) in [4.78, 5) is 12.2. The fourth-order valence-corrected chi connectivity index (χ4v) is 3.18. The van der Waals surface area contributed by atoms with E-state index in [0.29, 0.717) is 18.7 Å². The molecule has 1 fully saturated rings. The van der Waals surface area contributed by atoms with Gasteiger partial charge in [0.1, 0.15) is 0 Å². The number of alkyl halides is 3. The molecule has 2 aromatic rings. The van der Waals surface area contributed by atoms with E-state index in [1.807, 2.05) is 0 Å². The first-order valence-electron chi connectivity index (χ1n) is 8.58. The molecule has 3 rings (SSSR count). The van der Waals surface area contributed by atoms with Crippen molar-refractivity contribution in [1.82, 2.24) is 15.1 Å². The molecular formula is C18H21F3N4O. The summed E-state index contributed by atoms with van der Waals surface area (Å²) in [6.07, 6.45) is 0.320. The van der Waals surface area contributed by atoms with E-state index in [0.717, 1.165) is 30.9 Å². The van der Waals surface area contributed by atoms with Crippen LogP contribution in [0.15, 0.2) is 36.5 Å². The third-order valence-electron chi connectivity index (χ3n) is 4.63. The van der Waals surface area contributed by atoms with Crippen molar-refractivity contribution in [2.45, 2.75) is 44.4 Å². The highest BCUT2D eigenvalue weighted by Gasteiger charge is 2.33. The van der Waals surface area contributed by atoms with Gasteiger partial charge in [-0.1, -0.05) is 18.6 Å². The number of aromatic nitrogens is 2. The zero-order chi connectivity index (χ0) is 18.7. The quantitative estimate of drug-likeness (QED) is 0.874. The number of nitrogens with zero attached hydrogens (tertiary/aromatic N) is 2. The lowest BCUT2D eigenvalue weighted by Gasteiger charge is -2.25. The number of nitrogens with one attached hydrogen (secondary N) is 1. The number of nitrogens with two attached hydrogens (primary N) is 1. The molecule has 1 aromatic heterocycles. The second kappa shape index (κ2) is 7.49. The summed E-state index contributed by atoms with van der Waals surface area (Å²) in [5.41, 5.74) is 6.37. The molecule has 26 heavy (non-hydrogen) atoms. The maximum absolute atomic E-state index is 12.6. The van der Waals surface area contributed by atoms with Gasteiger partial charge in [0.15, 0.2) is 5.69 Å². The van der Waals surface area contributed by atoms with Crippen LogP contribution in [-0.4, -0.2) is 21.7 Å². The lowest BCUT2D eigenvalue weighted by atomic mass is 9.85. The van der Waals surface area contributed by atoms with Crippen molar-refractivity contribution in [3.05, 3.63) is 47.8 Å². The maximum Gasteiger partial charge on any atom is 0.435 e. The van der Waals surface area contributed by atoms with Gasteiger partial charge in [0.2, 0.25) is 5.91 Å². The minimum Gasteiger partial charge on any atom is -0.352 e. The molecule has 140 valence electrons. The van der Waals surface area contributed by atoms with Gasteiger partial charge in [-0.25, -0.2) is 4.68 Å². The second-order valence-corrected chi connectivity index (χ2v) is 6.65. The van der Waals surface area contributed by atoms with Crippen LogP contribution in [-0.2, 0) is 17.5 Å². The highest BCUT2D eigenvalue weighted by molar-refractivity contribution is 5.78. The number of carbonyl (C=O) groups is 1. The van der Waals surface area contributed by atoms with Crippen molar-refractivity contribution in [2.75, 3.05) is 0 Å². The fourth-order valence-electron chi connectivity index (χ4n) is 3.18. The SMILES string of the molecule is NC1CCCC(C(=O)NCc2ccc(-n3ccc(C(F)(F)F)n3)cc2)C1. The Morgan fingerprint density at radius 2 is 1.96 bits per heavy atom. The number of halogens is 3. The lowest BCUT2D eigenvalue weighted by Crippen LogP contribution is -2.37. The van der Waals surface area contributed by atoms with Gasteiger partial charge in [-0.05, 0) is 43.0 Å². The molecule has 0 bridgehead atoms. The third kappa shape index (κ3) is 4.43. The molecule has 1 amide bonds. The number of rotatable bonds is 4. The van der Waals surface area contributed by atoms with Gasteiger partial charge in [-0.2, -0.15) is 18.3 Å². The molecule has 0 radical (unpaired) electrons. The topological polar surface area (TPSA) is 72.9 Å². The Labute approximate surface area is 149 Å². The van der Waals surface area contributed by atoms with E-state index in [9.17, 15) is 18.0 Å². The smallest absolute Gasteiger partial charge is 0.352 e. The molecule has 1 aromatic carbocycles. The molecule has 2 atom stereocenters. The first-order chi connectivity index (χ1) is 12.3. The Bertz CT molecular complexity index is 755. The van der Waals surface area contributed by atoms with Crippen molar-refractivity contribution in [1.29, 1.82) is 0 Å². The van der Waals surface area contributed by atoms with E-state index in [-0.39, 0.29) is 17.9 Å². The summed E-state index contributed by atoms with van der Waals surface area (Å²) in [6, 6.07) is 7.89. The van der Waals surface area contributed by atoms with Gasteiger partial charge in [-0.15, -0.1) is 0 Å². The van der Waals surface area contributed by atoms with E-state index >= 15 is 0 Å². The molecule has 1 aliphatic carbocycles. The van der Waals surface area contributed by atoms with E-state index in [4.69, 9.17) is 5.73 Å². The van der Waals surface area contributed by atoms with E-state index in [1.54, 1.807) is 24.3 Å². The summed E-state index contributed by atoms with van der Waals surface area (Å²) in [5.74, 6) is -0.0333. The number of carbonyl (C=O) groups excluding carboxylic acids is 1. The minimum atomic E-state index is -4.46. The molecule has 0 saturated heterocycles. The summed E-state index contributed by atoms with van der Waals surface area (Å²) in [5, 5.41) is 6.44. The predicted octanol–water partition coefficient (Wildman–Crippen LogP) is 3.02. The first-order valence-corrected chi connectivity index (χ1v) is 8.58. The normalized spacial score (nSPS) is 20.8. The minimum absolute atomic E-state index is 0.00567. The summed E-state index contributed by atoms with van der Waals surface area (Å²) >= 11 is 0. The Hall–Kier alpha value is -2.35. The monoisotopic (exact) mass is 366 g/mol. The van der Waals surface area contributed by atoms with Gasteiger partial charge in [0.05, 0.1) is 5.69 Å². The van der Waals surface area contributed by atoms with Crippen molar-refractivity contribution in [2.24, 2.45) is 11.7 Å². The van der Waals surface area contributed by atoms with Crippen LogP contribution in [0.5, 0.6) is 0 Å². The van der Waals surface area contributed by atoms with Gasteiger partial charge >= 0.3 is 6.18 Å². The maximum atomic E-state index is 12.6.